The highest BCUT2D eigenvalue weighted by Gasteiger charge is 2.36. The van der Waals surface area contributed by atoms with E-state index in [0.29, 0.717) is 11.8 Å². The molecule has 3 rings (SSSR count). The van der Waals surface area contributed by atoms with Crippen molar-refractivity contribution in [2.24, 2.45) is 7.05 Å². The molecule has 2 aromatic rings. The molecule has 1 atom stereocenters. The summed E-state index contributed by atoms with van der Waals surface area (Å²) in [4.78, 5) is 11.3. The van der Waals surface area contributed by atoms with Gasteiger partial charge in [0.15, 0.2) is 0 Å². The van der Waals surface area contributed by atoms with Gasteiger partial charge in [-0.25, -0.2) is 4.79 Å². The van der Waals surface area contributed by atoms with Crippen LogP contribution in [0.4, 0.5) is 4.79 Å². The quantitative estimate of drug-likeness (QED) is 0.936. The maximum absolute atomic E-state index is 11.3. The summed E-state index contributed by atoms with van der Waals surface area (Å²) in [5, 5.41) is 7.74. The van der Waals surface area contributed by atoms with Gasteiger partial charge in [0.05, 0.1) is 11.2 Å². The van der Waals surface area contributed by atoms with Crippen LogP contribution in [0.3, 0.4) is 0 Å². The smallest absolute Gasteiger partial charge is 0.408 e. The zero-order valence-electron chi connectivity index (χ0n) is 13.3. The van der Waals surface area contributed by atoms with Gasteiger partial charge in [0.25, 0.3) is 0 Å². The van der Waals surface area contributed by atoms with Crippen LogP contribution in [-0.2, 0) is 17.3 Å². The van der Waals surface area contributed by atoms with Crippen LogP contribution in [-0.4, -0.2) is 22.5 Å². The Labute approximate surface area is 139 Å². The van der Waals surface area contributed by atoms with E-state index in [1.165, 1.54) is 0 Å². The number of aryl methyl sites for hydroxylation is 2. The first kappa shape index (κ1) is 15.6. The van der Waals surface area contributed by atoms with Gasteiger partial charge in [-0.3, -0.25) is 4.68 Å². The van der Waals surface area contributed by atoms with Gasteiger partial charge in [-0.05, 0) is 31.1 Å². The van der Waals surface area contributed by atoms with Crippen LogP contribution in [0.25, 0.3) is 12.2 Å². The Balaban J connectivity index is 1.80. The fourth-order valence-electron chi connectivity index (χ4n) is 2.64. The molecule has 1 saturated heterocycles. The van der Waals surface area contributed by atoms with Crippen LogP contribution in [0.2, 0.25) is 5.15 Å². The SMILES string of the molecule is Cc1nn(C)c(Cl)c1/C=C/c1ccc(C2(C)COC(=O)N2)cc1. The number of carbonyl (C=O) groups excluding carboxylic acids is 1. The Hall–Kier alpha value is -2.27. The van der Waals surface area contributed by atoms with Crippen LogP contribution in [0.15, 0.2) is 24.3 Å². The topological polar surface area (TPSA) is 56.2 Å². The lowest BCUT2D eigenvalue weighted by molar-refractivity contribution is 0.173. The Bertz CT molecular complexity index is 780. The average molecular weight is 332 g/mol. The summed E-state index contributed by atoms with van der Waals surface area (Å²) in [6, 6.07) is 7.99. The highest BCUT2D eigenvalue weighted by atomic mass is 35.5. The van der Waals surface area contributed by atoms with Gasteiger partial charge in [0.1, 0.15) is 11.8 Å². The monoisotopic (exact) mass is 331 g/mol. The third-order valence-corrected chi connectivity index (χ3v) is 4.50. The number of nitrogens with one attached hydrogen (secondary N) is 1. The van der Waals surface area contributed by atoms with Crippen molar-refractivity contribution in [3.63, 3.8) is 0 Å². The fourth-order valence-corrected chi connectivity index (χ4v) is 2.88. The lowest BCUT2D eigenvalue weighted by Crippen LogP contribution is -2.37. The number of aromatic nitrogens is 2. The highest BCUT2D eigenvalue weighted by molar-refractivity contribution is 6.31. The van der Waals surface area contributed by atoms with E-state index in [2.05, 4.69) is 10.4 Å². The fraction of sp³-hybridized carbons (Fsp3) is 0.294. The van der Waals surface area contributed by atoms with Crippen molar-refractivity contribution in [2.75, 3.05) is 6.61 Å². The average Bonchev–Trinajstić information content (AvgIpc) is 2.99. The molecule has 0 radical (unpaired) electrons. The molecule has 5 nitrogen and oxygen atoms in total. The van der Waals surface area contributed by atoms with Crippen molar-refractivity contribution < 1.29 is 9.53 Å². The zero-order valence-corrected chi connectivity index (χ0v) is 14.0. The molecule has 23 heavy (non-hydrogen) atoms. The molecule has 0 bridgehead atoms. The molecule has 1 aliphatic rings. The Morgan fingerprint density at radius 3 is 2.57 bits per heavy atom. The van der Waals surface area contributed by atoms with E-state index in [-0.39, 0.29) is 6.09 Å². The second kappa shape index (κ2) is 5.74. The third kappa shape index (κ3) is 2.97. The van der Waals surface area contributed by atoms with Crippen LogP contribution in [0.5, 0.6) is 0 Å². The van der Waals surface area contributed by atoms with Crippen molar-refractivity contribution in [3.05, 3.63) is 51.8 Å². The number of rotatable bonds is 3. The van der Waals surface area contributed by atoms with E-state index < -0.39 is 5.54 Å². The molecule has 1 fully saturated rings. The van der Waals surface area contributed by atoms with Gasteiger partial charge in [-0.15, -0.1) is 0 Å². The summed E-state index contributed by atoms with van der Waals surface area (Å²) >= 11 is 6.22. The summed E-state index contributed by atoms with van der Waals surface area (Å²) in [6.07, 6.45) is 3.58. The summed E-state index contributed by atoms with van der Waals surface area (Å²) in [7, 11) is 1.82. The molecule has 1 N–H and O–H groups in total. The predicted molar refractivity (Wildman–Crippen MR) is 90.2 cm³/mol. The standard InChI is InChI=1S/C17H18ClN3O2/c1-11-14(15(18)21(3)20-11)9-6-12-4-7-13(8-5-12)17(2)10-23-16(22)19-17/h4-9H,10H2,1-3H3,(H,19,22)/b9-6+. The van der Waals surface area contributed by atoms with Crippen molar-refractivity contribution in [3.8, 4) is 0 Å². The minimum Gasteiger partial charge on any atom is -0.447 e. The summed E-state index contributed by atoms with van der Waals surface area (Å²) in [6.45, 7) is 4.21. The largest absolute Gasteiger partial charge is 0.447 e. The zero-order chi connectivity index (χ0) is 16.6. The van der Waals surface area contributed by atoms with Crippen molar-refractivity contribution in [1.29, 1.82) is 0 Å². The molecule has 0 aliphatic carbocycles. The van der Waals surface area contributed by atoms with Crippen LogP contribution in [0.1, 0.15) is 29.3 Å². The molecule has 1 aliphatic heterocycles. The number of cyclic esters (lactones) is 1. The number of alkyl carbamates (subject to hydrolysis) is 1. The molecule has 0 saturated carbocycles. The van der Waals surface area contributed by atoms with Crippen LogP contribution >= 0.6 is 11.6 Å². The number of amides is 1. The molecular weight excluding hydrogens is 314 g/mol. The minimum atomic E-state index is -0.470. The van der Waals surface area contributed by atoms with E-state index in [0.717, 1.165) is 22.4 Å². The molecule has 1 unspecified atom stereocenters. The number of carbonyl (C=O) groups is 1. The molecule has 6 heteroatoms. The van der Waals surface area contributed by atoms with E-state index in [1.807, 2.05) is 57.3 Å². The van der Waals surface area contributed by atoms with E-state index in [9.17, 15) is 4.79 Å². The molecule has 0 spiro atoms. The number of hydrogen-bond donors (Lipinski definition) is 1. The first-order chi connectivity index (χ1) is 10.9. The summed E-state index contributed by atoms with van der Waals surface area (Å²) < 4.78 is 6.66. The second-order valence-corrected chi connectivity index (χ2v) is 6.26. The molecule has 1 amide bonds. The Morgan fingerprint density at radius 1 is 1.35 bits per heavy atom. The lowest BCUT2D eigenvalue weighted by atomic mass is 9.93. The van der Waals surface area contributed by atoms with Crippen molar-refractivity contribution in [2.45, 2.75) is 19.4 Å². The van der Waals surface area contributed by atoms with Gasteiger partial charge in [-0.2, -0.15) is 5.10 Å². The number of halogens is 1. The number of hydrogen-bond acceptors (Lipinski definition) is 3. The van der Waals surface area contributed by atoms with Gasteiger partial charge in [0.2, 0.25) is 0 Å². The van der Waals surface area contributed by atoms with E-state index in [4.69, 9.17) is 16.3 Å². The Kier molecular flexibility index (Phi) is 3.90. The minimum absolute atomic E-state index is 0.339. The van der Waals surface area contributed by atoms with Crippen LogP contribution in [0, 0.1) is 6.92 Å². The van der Waals surface area contributed by atoms with Gasteiger partial charge < -0.3 is 10.1 Å². The number of ether oxygens (including phenoxy) is 1. The number of nitrogens with zero attached hydrogens (tertiary/aromatic N) is 2. The lowest BCUT2D eigenvalue weighted by Gasteiger charge is -2.21. The Morgan fingerprint density at radius 2 is 2.04 bits per heavy atom. The number of benzene rings is 1. The highest BCUT2D eigenvalue weighted by Crippen LogP contribution is 2.26. The maximum atomic E-state index is 11.3. The van der Waals surface area contributed by atoms with Gasteiger partial charge >= 0.3 is 6.09 Å². The second-order valence-electron chi connectivity index (χ2n) is 5.90. The molecule has 120 valence electrons. The van der Waals surface area contributed by atoms with Gasteiger partial charge in [0, 0.05) is 12.6 Å². The molecule has 2 heterocycles. The first-order valence-corrected chi connectivity index (χ1v) is 7.69. The van der Waals surface area contributed by atoms with E-state index >= 15 is 0 Å². The first-order valence-electron chi connectivity index (χ1n) is 7.32. The maximum Gasteiger partial charge on any atom is 0.408 e. The molecule has 1 aromatic heterocycles. The third-order valence-electron chi connectivity index (χ3n) is 4.06. The van der Waals surface area contributed by atoms with E-state index in [1.54, 1.807) is 4.68 Å². The normalized spacial score (nSPS) is 20.8. The molecular formula is C17H18ClN3O2. The van der Waals surface area contributed by atoms with Crippen molar-refractivity contribution in [1.82, 2.24) is 15.1 Å². The summed E-state index contributed by atoms with van der Waals surface area (Å²) in [5.74, 6) is 0. The summed E-state index contributed by atoms with van der Waals surface area (Å²) in [5.41, 5.74) is 3.39. The van der Waals surface area contributed by atoms with Gasteiger partial charge in [-0.1, -0.05) is 41.9 Å². The van der Waals surface area contributed by atoms with Crippen LogP contribution < -0.4 is 5.32 Å². The molecule has 1 aromatic carbocycles. The predicted octanol–water partition coefficient (Wildman–Crippen LogP) is 3.51. The van der Waals surface area contributed by atoms with Crippen molar-refractivity contribution >= 4 is 29.8 Å².